The van der Waals surface area contributed by atoms with Gasteiger partial charge in [-0.2, -0.15) is 0 Å². The second-order valence-corrected chi connectivity index (χ2v) is 6.42. The second-order valence-electron chi connectivity index (χ2n) is 6.42. The van der Waals surface area contributed by atoms with Crippen LogP contribution >= 0.6 is 0 Å². The molecule has 5 heteroatoms. The van der Waals surface area contributed by atoms with E-state index in [2.05, 4.69) is 23.3 Å². The molecule has 0 saturated carbocycles. The highest BCUT2D eigenvalue weighted by Gasteiger charge is 2.12. The number of carbonyl (C=O) groups is 2. The van der Waals surface area contributed by atoms with Crippen LogP contribution in [0.15, 0.2) is 30.5 Å². The van der Waals surface area contributed by atoms with Crippen molar-refractivity contribution in [3.8, 4) is 0 Å². The number of fused-ring (bicyclic) bond motifs is 1. The van der Waals surface area contributed by atoms with Crippen molar-refractivity contribution in [3.63, 3.8) is 0 Å². The van der Waals surface area contributed by atoms with Gasteiger partial charge in [-0.1, -0.05) is 38.0 Å². The number of nitrogens with zero attached hydrogens (tertiary/aromatic N) is 1. The monoisotopic (exact) mass is 343 g/mol. The molecule has 0 atom stereocenters. The summed E-state index contributed by atoms with van der Waals surface area (Å²) < 4.78 is 0. The van der Waals surface area contributed by atoms with Crippen molar-refractivity contribution in [2.45, 2.75) is 46.0 Å². The number of carbonyl (C=O) groups excluding carboxylic acids is 2. The minimum atomic E-state index is 0.0126. The zero-order chi connectivity index (χ0) is 18.1. The van der Waals surface area contributed by atoms with Crippen molar-refractivity contribution < 1.29 is 9.59 Å². The lowest BCUT2D eigenvalue weighted by Gasteiger charge is -2.20. The predicted molar refractivity (Wildman–Crippen MR) is 101 cm³/mol. The number of unbranched alkanes of at least 4 members (excludes halogenated alkanes) is 2. The van der Waals surface area contributed by atoms with Gasteiger partial charge in [0.05, 0.1) is 0 Å². The summed E-state index contributed by atoms with van der Waals surface area (Å²) >= 11 is 0. The van der Waals surface area contributed by atoms with Gasteiger partial charge in [0.2, 0.25) is 11.8 Å². The molecule has 0 fully saturated rings. The summed E-state index contributed by atoms with van der Waals surface area (Å²) in [6, 6.07) is 8.16. The Kier molecular flexibility index (Phi) is 7.51. The van der Waals surface area contributed by atoms with E-state index in [1.54, 1.807) is 11.8 Å². The molecule has 0 aliphatic heterocycles. The van der Waals surface area contributed by atoms with Crippen LogP contribution in [-0.4, -0.2) is 41.3 Å². The number of aromatic amines is 1. The minimum absolute atomic E-state index is 0.0126. The largest absolute Gasteiger partial charge is 0.361 e. The van der Waals surface area contributed by atoms with Gasteiger partial charge in [0, 0.05) is 50.1 Å². The van der Waals surface area contributed by atoms with Crippen molar-refractivity contribution in [1.82, 2.24) is 15.2 Å². The molecule has 5 nitrogen and oxygen atoms in total. The average molecular weight is 343 g/mol. The Bertz CT molecular complexity index is 693. The van der Waals surface area contributed by atoms with Crippen LogP contribution in [-0.2, 0) is 16.0 Å². The molecule has 1 aromatic carbocycles. The minimum Gasteiger partial charge on any atom is -0.361 e. The first-order chi connectivity index (χ1) is 12.1. The standard InChI is InChI=1S/C20H29N3O2/c1-3-4-7-12-21-20(25)11-14-23(16(2)24)13-10-17-15-22-19-9-6-5-8-18(17)19/h5-6,8-9,15,22H,3-4,7,10-14H2,1-2H3,(H,21,25). The molecule has 136 valence electrons. The van der Waals surface area contributed by atoms with Crippen molar-refractivity contribution in [1.29, 1.82) is 0 Å². The van der Waals surface area contributed by atoms with Crippen LogP contribution in [0.1, 0.15) is 45.1 Å². The average Bonchev–Trinajstić information content (AvgIpc) is 3.01. The normalized spacial score (nSPS) is 10.8. The molecule has 1 heterocycles. The summed E-state index contributed by atoms with van der Waals surface area (Å²) in [4.78, 5) is 28.8. The molecule has 0 bridgehead atoms. The topological polar surface area (TPSA) is 65.2 Å². The second kappa shape index (κ2) is 9.87. The molecule has 2 aromatic rings. The van der Waals surface area contributed by atoms with Gasteiger partial charge in [-0.05, 0) is 24.5 Å². The Labute approximate surface area is 149 Å². The molecular weight excluding hydrogens is 314 g/mol. The van der Waals surface area contributed by atoms with Gasteiger partial charge in [-0.25, -0.2) is 0 Å². The molecule has 0 spiro atoms. The van der Waals surface area contributed by atoms with Gasteiger partial charge in [0.25, 0.3) is 0 Å². The number of benzene rings is 1. The predicted octanol–water partition coefficient (Wildman–Crippen LogP) is 3.26. The Morgan fingerprint density at radius 2 is 1.96 bits per heavy atom. The number of hydrogen-bond donors (Lipinski definition) is 2. The molecule has 2 N–H and O–H groups in total. The van der Waals surface area contributed by atoms with E-state index in [-0.39, 0.29) is 11.8 Å². The van der Waals surface area contributed by atoms with Crippen molar-refractivity contribution in [2.75, 3.05) is 19.6 Å². The molecule has 0 aliphatic carbocycles. The Balaban J connectivity index is 1.80. The van der Waals surface area contributed by atoms with Crippen LogP contribution in [0.2, 0.25) is 0 Å². The summed E-state index contributed by atoms with van der Waals surface area (Å²) in [6.07, 6.45) is 6.43. The van der Waals surface area contributed by atoms with E-state index >= 15 is 0 Å². The maximum atomic E-state index is 11.9. The summed E-state index contributed by atoms with van der Waals surface area (Å²) in [5.41, 5.74) is 2.31. The lowest BCUT2D eigenvalue weighted by Crippen LogP contribution is -2.35. The smallest absolute Gasteiger partial charge is 0.221 e. The highest BCUT2D eigenvalue weighted by Crippen LogP contribution is 2.18. The summed E-state index contributed by atoms with van der Waals surface area (Å²) in [6.45, 7) is 5.52. The molecule has 0 saturated heterocycles. The van der Waals surface area contributed by atoms with Crippen LogP contribution in [0, 0.1) is 0 Å². The molecule has 1 aromatic heterocycles. The first-order valence-corrected chi connectivity index (χ1v) is 9.19. The van der Waals surface area contributed by atoms with Gasteiger partial charge < -0.3 is 15.2 Å². The van der Waals surface area contributed by atoms with Crippen LogP contribution < -0.4 is 5.32 Å². The lowest BCUT2D eigenvalue weighted by atomic mass is 10.1. The summed E-state index contributed by atoms with van der Waals surface area (Å²) in [7, 11) is 0. The van der Waals surface area contributed by atoms with E-state index < -0.39 is 0 Å². The number of amides is 2. The van der Waals surface area contributed by atoms with Crippen molar-refractivity contribution in [2.24, 2.45) is 0 Å². The number of para-hydroxylation sites is 1. The molecule has 25 heavy (non-hydrogen) atoms. The Hall–Kier alpha value is -2.30. The number of hydrogen-bond acceptors (Lipinski definition) is 2. The molecule has 0 unspecified atom stereocenters. The fraction of sp³-hybridized carbons (Fsp3) is 0.500. The maximum Gasteiger partial charge on any atom is 0.221 e. The zero-order valence-corrected chi connectivity index (χ0v) is 15.3. The van der Waals surface area contributed by atoms with Gasteiger partial charge in [0.1, 0.15) is 0 Å². The van der Waals surface area contributed by atoms with E-state index in [9.17, 15) is 9.59 Å². The Morgan fingerprint density at radius 3 is 2.72 bits per heavy atom. The highest BCUT2D eigenvalue weighted by atomic mass is 16.2. The summed E-state index contributed by atoms with van der Waals surface area (Å²) in [5.74, 6) is 0.0353. The van der Waals surface area contributed by atoms with E-state index in [0.717, 1.165) is 37.7 Å². The van der Waals surface area contributed by atoms with Gasteiger partial charge in [-0.3, -0.25) is 9.59 Å². The van der Waals surface area contributed by atoms with Crippen LogP contribution in [0.4, 0.5) is 0 Å². The van der Waals surface area contributed by atoms with Gasteiger partial charge in [-0.15, -0.1) is 0 Å². The number of rotatable bonds is 10. The summed E-state index contributed by atoms with van der Waals surface area (Å²) in [5, 5.41) is 4.12. The molecule has 2 rings (SSSR count). The van der Waals surface area contributed by atoms with Gasteiger partial charge >= 0.3 is 0 Å². The third kappa shape index (κ3) is 5.93. The van der Waals surface area contributed by atoms with Crippen LogP contribution in [0.25, 0.3) is 10.9 Å². The number of nitrogens with one attached hydrogen (secondary N) is 2. The first kappa shape index (κ1) is 19.0. The highest BCUT2D eigenvalue weighted by molar-refractivity contribution is 5.83. The maximum absolute atomic E-state index is 11.9. The molecule has 0 aliphatic rings. The fourth-order valence-electron chi connectivity index (χ4n) is 2.95. The molecule has 0 radical (unpaired) electrons. The zero-order valence-electron chi connectivity index (χ0n) is 15.3. The third-order valence-corrected chi connectivity index (χ3v) is 4.48. The van der Waals surface area contributed by atoms with E-state index in [0.29, 0.717) is 19.5 Å². The lowest BCUT2D eigenvalue weighted by molar-refractivity contribution is -0.129. The van der Waals surface area contributed by atoms with Gasteiger partial charge in [0.15, 0.2) is 0 Å². The molecular formula is C20H29N3O2. The third-order valence-electron chi connectivity index (χ3n) is 4.48. The quantitative estimate of drug-likeness (QED) is 0.650. The number of H-pyrrole nitrogens is 1. The SMILES string of the molecule is CCCCCNC(=O)CCN(CCc1c[nH]c2ccccc12)C(C)=O. The Morgan fingerprint density at radius 1 is 1.16 bits per heavy atom. The van der Waals surface area contributed by atoms with E-state index in [4.69, 9.17) is 0 Å². The van der Waals surface area contributed by atoms with Crippen LogP contribution in [0.5, 0.6) is 0 Å². The fourth-order valence-corrected chi connectivity index (χ4v) is 2.95. The van der Waals surface area contributed by atoms with E-state index in [1.807, 2.05) is 24.4 Å². The molecule has 2 amide bonds. The van der Waals surface area contributed by atoms with Crippen LogP contribution in [0.3, 0.4) is 0 Å². The number of aromatic nitrogens is 1. The first-order valence-electron chi connectivity index (χ1n) is 9.19. The van der Waals surface area contributed by atoms with Crippen molar-refractivity contribution in [3.05, 3.63) is 36.0 Å². The van der Waals surface area contributed by atoms with Crippen molar-refractivity contribution >= 4 is 22.7 Å². The van der Waals surface area contributed by atoms with E-state index in [1.165, 1.54) is 10.9 Å².